The van der Waals surface area contributed by atoms with Crippen LogP contribution in [-0.2, 0) is 16.1 Å². The Bertz CT molecular complexity index is 530. The number of carbonyl (C=O) groups is 1. The summed E-state index contributed by atoms with van der Waals surface area (Å²) in [5.41, 5.74) is 5.87. The van der Waals surface area contributed by atoms with E-state index in [2.05, 4.69) is 31.1 Å². The van der Waals surface area contributed by atoms with Gasteiger partial charge in [0, 0.05) is 12.1 Å². The summed E-state index contributed by atoms with van der Waals surface area (Å²) in [4.78, 5) is 23.0. The van der Waals surface area contributed by atoms with Crippen molar-refractivity contribution in [3.63, 3.8) is 0 Å². The molecule has 1 fully saturated rings. The van der Waals surface area contributed by atoms with Crippen LogP contribution in [0.25, 0.3) is 0 Å². The van der Waals surface area contributed by atoms with Gasteiger partial charge in [0.15, 0.2) is 0 Å². The number of nitrogens with one attached hydrogen (secondary N) is 1. The Labute approximate surface area is 111 Å². The minimum absolute atomic E-state index is 0.120. The van der Waals surface area contributed by atoms with Crippen LogP contribution in [0, 0.1) is 0 Å². The summed E-state index contributed by atoms with van der Waals surface area (Å²) in [7, 11) is 1.26. The van der Waals surface area contributed by atoms with E-state index in [1.54, 1.807) is 0 Å². The number of aromatic nitrogens is 2. The Morgan fingerprint density at radius 1 is 1.78 bits per heavy atom. The number of esters is 1. The van der Waals surface area contributed by atoms with Gasteiger partial charge in [0.2, 0.25) is 0 Å². The maximum atomic E-state index is 11.9. The predicted molar refractivity (Wildman–Crippen MR) is 68.2 cm³/mol. The summed E-state index contributed by atoms with van der Waals surface area (Å²) in [5.74, 6) is -0.526. The first kappa shape index (κ1) is 13.0. The Hall–Kier alpha value is -1.41. The summed E-state index contributed by atoms with van der Waals surface area (Å²) in [6, 6.07) is 0.299. The van der Waals surface area contributed by atoms with Gasteiger partial charge in [-0.1, -0.05) is 0 Å². The quantitative estimate of drug-likeness (QED) is 0.739. The minimum Gasteiger partial charge on any atom is -0.468 e. The summed E-state index contributed by atoms with van der Waals surface area (Å²) in [6.45, 7) is -0.211. The van der Waals surface area contributed by atoms with Crippen LogP contribution in [0.5, 0.6) is 0 Å². The second-order valence-corrected chi connectivity index (χ2v) is 4.85. The fourth-order valence-electron chi connectivity index (χ4n) is 1.45. The summed E-state index contributed by atoms with van der Waals surface area (Å²) in [5, 5.41) is 7.01. The van der Waals surface area contributed by atoms with Crippen molar-refractivity contribution in [2.75, 3.05) is 12.4 Å². The molecule has 3 N–H and O–H groups in total. The number of methoxy groups -OCH3 is 1. The van der Waals surface area contributed by atoms with Gasteiger partial charge in [0.05, 0.1) is 19.0 Å². The van der Waals surface area contributed by atoms with Crippen LogP contribution in [0.15, 0.2) is 15.5 Å². The molecule has 0 amide bonds. The van der Waals surface area contributed by atoms with Crippen molar-refractivity contribution in [2.45, 2.75) is 25.0 Å². The highest BCUT2D eigenvalue weighted by molar-refractivity contribution is 9.10. The highest BCUT2D eigenvalue weighted by Gasteiger charge is 2.34. The molecule has 0 radical (unpaired) electrons. The van der Waals surface area contributed by atoms with Gasteiger partial charge in [-0.3, -0.25) is 9.59 Å². The molecule has 0 saturated heterocycles. The number of ether oxygens (including phenoxy) is 1. The summed E-state index contributed by atoms with van der Waals surface area (Å²) < 4.78 is 5.85. The van der Waals surface area contributed by atoms with E-state index < -0.39 is 5.97 Å². The van der Waals surface area contributed by atoms with Crippen LogP contribution in [-0.4, -0.2) is 34.9 Å². The maximum absolute atomic E-state index is 11.9. The van der Waals surface area contributed by atoms with Gasteiger partial charge < -0.3 is 15.8 Å². The maximum Gasteiger partial charge on any atom is 0.327 e. The van der Waals surface area contributed by atoms with Crippen LogP contribution in [0.3, 0.4) is 0 Å². The number of anilines is 1. The SMILES string of the molecule is COC(=O)Cn1ncc(NC2CC2N)c(Br)c1=O. The molecule has 1 heterocycles. The molecule has 0 aliphatic heterocycles. The Morgan fingerprint density at radius 3 is 3.00 bits per heavy atom. The van der Waals surface area contributed by atoms with Crippen LogP contribution in [0.1, 0.15) is 6.42 Å². The zero-order chi connectivity index (χ0) is 13.3. The second kappa shape index (κ2) is 5.07. The third-order valence-electron chi connectivity index (χ3n) is 2.67. The highest BCUT2D eigenvalue weighted by Crippen LogP contribution is 2.26. The Kier molecular flexibility index (Phi) is 3.67. The number of hydrogen-bond acceptors (Lipinski definition) is 6. The van der Waals surface area contributed by atoms with Gasteiger partial charge in [-0.2, -0.15) is 5.10 Å². The van der Waals surface area contributed by atoms with Gasteiger partial charge in [-0.15, -0.1) is 0 Å². The lowest BCUT2D eigenvalue weighted by atomic mass is 10.4. The Balaban J connectivity index is 2.18. The van der Waals surface area contributed by atoms with Crippen molar-refractivity contribution in [1.82, 2.24) is 9.78 Å². The van der Waals surface area contributed by atoms with Gasteiger partial charge in [-0.25, -0.2) is 4.68 Å². The number of hydrogen-bond donors (Lipinski definition) is 2. The van der Waals surface area contributed by atoms with E-state index in [4.69, 9.17) is 5.73 Å². The number of nitrogens with zero attached hydrogens (tertiary/aromatic N) is 2. The van der Waals surface area contributed by atoms with E-state index >= 15 is 0 Å². The molecule has 0 bridgehead atoms. The number of halogens is 1. The molecule has 1 aromatic rings. The number of nitrogens with two attached hydrogens (primary N) is 1. The van der Waals surface area contributed by atoms with Crippen molar-refractivity contribution in [3.8, 4) is 0 Å². The van der Waals surface area contributed by atoms with Crippen LogP contribution < -0.4 is 16.6 Å². The third-order valence-corrected chi connectivity index (χ3v) is 3.44. The number of rotatable bonds is 4. The van der Waals surface area contributed by atoms with E-state index in [1.165, 1.54) is 13.3 Å². The van der Waals surface area contributed by atoms with Crippen molar-refractivity contribution in [1.29, 1.82) is 0 Å². The van der Waals surface area contributed by atoms with Crippen molar-refractivity contribution < 1.29 is 9.53 Å². The van der Waals surface area contributed by atoms with Gasteiger partial charge in [0.25, 0.3) is 5.56 Å². The van der Waals surface area contributed by atoms with Gasteiger partial charge in [0.1, 0.15) is 11.0 Å². The lowest BCUT2D eigenvalue weighted by Crippen LogP contribution is -2.28. The normalized spacial score (nSPS) is 21.5. The van der Waals surface area contributed by atoms with Crippen LogP contribution >= 0.6 is 15.9 Å². The largest absolute Gasteiger partial charge is 0.468 e. The molecule has 1 saturated carbocycles. The molecular formula is C10H13BrN4O3. The summed E-state index contributed by atoms with van der Waals surface area (Å²) in [6.07, 6.45) is 2.36. The lowest BCUT2D eigenvalue weighted by Gasteiger charge is -2.09. The Morgan fingerprint density at radius 2 is 2.44 bits per heavy atom. The standard InChI is InChI=1S/C10H13BrN4O3/c1-18-8(16)4-15-10(17)9(11)7(3-13-15)14-6-2-5(6)12/h3,5-6,14H,2,4,12H2,1H3. The predicted octanol–water partition coefficient (Wildman–Crippen LogP) is -0.310. The first-order valence-corrected chi connectivity index (χ1v) is 6.16. The molecule has 1 aliphatic rings. The molecule has 8 heteroatoms. The summed E-state index contributed by atoms with van der Waals surface area (Å²) >= 11 is 3.19. The van der Waals surface area contributed by atoms with Gasteiger partial charge in [-0.05, 0) is 22.4 Å². The zero-order valence-corrected chi connectivity index (χ0v) is 11.3. The van der Waals surface area contributed by atoms with Gasteiger partial charge >= 0.3 is 5.97 Å². The van der Waals surface area contributed by atoms with Crippen LogP contribution in [0.2, 0.25) is 0 Å². The molecule has 0 spiro atoms. The van der Waals surface area contributed by atoms with Crippen molar-refractivity contribution >= 4 is 27.6 Å². The molecule has 0 aromatic carbocycles. The molecule has 1 aromatic heterocycles. The minimum atomic E-state index is -0.526. The molecular weight excluding hydrogens is 304 g/mol. The van der Waals surface area contributed by atoms with E-state index in [0.717, 1.165) is 11.1 Å². The van der Waals surface area contributed by atoms with E-state index in [0.29, 0.717) is 10.2 Å². The van der Waals surface area contributed by atoms with E-state index in [9.17, 15) is 9.59 Å². The molecule has 18 heavy (non-hydrogen) atoms. The smallest absolute Gasteiger partial charge is 0.327 e. The average molecular weight is 317 g/mol. The molecule has 1 aliphatic carbocycles. The van der Waals surface area contributed by atoms with Crippen molar-refractivity contribution in [3.05, 3.63) is 21.0 Å². The first-order chi connectivity index (χ1) is 8.52. The average Bonchev–Trinajstić information content (AvgIpc) is 3.04. The van der Waals surface area contributed by atoms with E-state index in [-0.39, 0.29) is 24.2 Å². The fraction of sp³-hybridized carbons (Fsp3) is 0.500. The van der Waals surface area contributed by atoms with Crippen LogP contribution in [0.4, 0.5) is 5.69 Å². The highest BCUT2D eigenvalue weighted by atomic mass is 79.9. The number of carbonyl (C=O) groups excluding carboxylic acids is 1. The van der Waals surface area contributed by atoms with E-state index in [1.807, 2.05) is 0 Å². The fourth-order valence-corrected chi connectivity index (χ4v) is 1.87. The zero-order valence-electron chi connectivity index (χ0n) is 9.72. The van der Waals surface area contributed by atoms with Crippen molar-refractivity contribution in [2.24, 2.45) is 5.73 Å². The first-order valence-electron chi connectivity index (χ1n) is 5.37. The third kappa shape index (κ3) is 2.70. The topological polar surface area (TPSA) is 99.2 Å². The molecule has 2 rings (SSSR count). The molecule has 7 nitrogen and oxygen atoms in total. The molecule has 2 unspecified atom stereocenters. The molecule has 2 atom stereocenters. The lowest BCUT2D eigenvalue weighted by molar-refractivity contribution is -0.141. The molecule has 98 valence electrons. The second-order valence-electron chi connectivity index (χ2n) is 4.06. The monoisotopic (exact) mass is 316 g/mol.